The van der Waals surface area contributed by atoms with E-state index in [1.165, 1.54) is 23.2 Å². The molecule has 2 aromatic rings. The number of halogens is 1. The second kappa shape index (κ2) is 6.64. The first-order chi connectivity index (χ1) is 11.8. The summed E-state index contributed by atoms with van der Waals surface area (Å²) in [4.78, 5) is 12.4. The Morgan fingerprint density at radius 2 is 1.96 bits per heavy atom. The summed E-state index contributed by atoms with van der Waals surface area (Å²) in [7, 11) is -3.43. The Morgan fingerprint density at radius 1 is 1.20 bits per heavy atom. The van der Waals surface area contributed by atoms with Crippen LogP contribution >= 0.6 is 0 Å². The fourth-order valence-corrected chi connectivity index (χ4v) is 3.16. The average Bonchev–Trinajstić information content (AvgIpc) is 3.03. The molecule has 1 N–H and O–H groups in total. The molecule has 130 valence electrons. The van der Waals surface area contributed by atoms with Crippen LogP contribution in [0.25, 0.3) is 0 Å². The number of hydrazone groups is 1. The zero-order chi connectivity index (χ0) is 18.0. The van der Waals surface area contributed by atoms with Crippen molar-refractivity contribution >= 4 is 27.3 Å². The highest BCUT2D eigenvalue weighted by atomic mass is 32.2. The number of amides is 1. The molecule has 0 bridgehead atoms. The van der Waals surface area contributed by atoms with E-state index in [2.05, 4.69) is 9.82 Å². The summed E-state index contributed by atoms with van der Waals surface area (Å²) in [5.41, 5.74) is 1.83. The molecule has 0 saturated carbocycles. The third kappa shape index (κ3) is 4.03. The average molecular weight is 361 g/mol. The quantitative estimate of drug-likeness (QED) is 0.908. The summed E-state index contributed by atoms with van der Waals surface area (Å²) in [6.07, 6.45) is 1.55. The van der Waals surface area contributed by atoms with Gasteiger partial charge in [0.2, 0.25) is 10.0 Å². The van der Waals surface area contributed by atoms with Gasteiger partial charge in [0.15, 0.2) is 0 Å². The fraction of sp³-hybridized carbons (Fsp3) is 0.176. The molecule has 1 amide bonds. The third-order valence-electron chi connectivity index (χ3n) is 3.64. The first-order valence-electron chi connectivity index (χ1n) is 7.55. The molecule has 2 aromatic carbocycles. The summed E-state index contributed by atoms with van der Waals surface area (Å²) in [5, 5.41) is 5.56. The highest BCUT2D eigenvalue weighted by molar-refractivity contribution is 7.92. The molecule has 0 aliphatic carbocycles. The number of benzene rings is 2. The van der Waals surface area contributed by atoms with Gasteiger partial charge in [-0.05, 0) is 24.3 Å². The molecule has 0 radical (unpaired) electrons. The molecule has 0 unspecified atom stereocenters. The second-order valence-corrected chi connectivity index (χ2v) is 7.40. The largest absolute Gasteiger partial charge is 0.283 e. The van der Waals surface area contributed by atoms with Crippen LogP contribution in [-0.2, 0) is 10.0 Å². The van der Waals surface area contributed by atoms with Gasteiger partial charge >= 0.3 is 0 Å². The zero-order valence-corrected chi connectivity index (χ0v) is 14.3. The Balaban J connectivity index is 1.88. The van der Waals surface area contributed by atoms with Crippen LogP contribution in [0.15, 0.2) is 53.6 Å². The van der Waals surface area contributed by atoms with E-state index < -0.39 is 21.7 Å². The molecule has 0 saturated heterocycles. The smallest absolute Gasteiger partial charge is 0.274 e. The molecule has 0 atom stereocenters. The lowest BCUT2D eigenvalue weighted by atomic mass is 10.1. The summed E-state index contributed by atoms with van der Waals surface area (Å²) in [6.45, 7) is 0.345. The number of hydrogen-bond acceptors (Lipinski definition) is 4. The maximum absolute atomic E-state index is 13.3. The molecule has 0 spiro atoms. The number of nitrogens with zero attached hydrogens (tertiary/aromatic N) is 2. The van der Waals surface area contributed by atoms with Crippen LogP contribution < -0.4 is 4.72 Å². The predicted molar refractivity (Wildman–Crippen MR) is 93.5 cm³/mol. The fourth-order valence-electron chi connectivity index (χ4n) is 2.59. The van der Waals surface area contributed by atoms with Crippen molar-refractivity contribution in [1.82, 2.24) is 5.01 Å². The topological polar surface area (TPSA) is 78.8 Å². The van der Waals surface area contributed by atoms with Crippen molar-refractivity contribution in [2.24, 2.45) is 5.10 Å². The highest BCUT2D eigenvalue weighted by Crippen LogP contribution is 2.23. The first-order valence-corrected chi connectivity index (χ1v) is 9.45. The van der Waals surface area contributed by atoms with Gasteiger partial charge in [-0.15, -0.1) is 0 Å². The molecule has 0 fully saturated rings. The van der Waals surface area contributed by atoms with Crippen molar-refractivity contribution < 1.29 is 17.6 Å². The Hall–Kier alpha value is -2.74. The molecule has 0 aromatic heterocycles. The second-order valence-electron chi connectivity index (χ2n) is 5.66. The summed E-state index contributed by atoms with van der Waals surface area (Å²) >= 11 is 0. The molecule has 1 heterocycles. The van der Waals surface area contributed by atoms with E-state index >= 15 is 0 Å². The van der Waals surface area contributed by atoms with Crippen molar-refractivity contribution in [3.05, 3.63) is 65.5 Å². The van der Waals surface area contributed by atoms with Crippen LogP contribution in [0.4, 0.5) is 10.1 Å². The lowest BCUT2D eigenvalue weighted by Crippen LogP contribution is -2.23. The number of anilines is 1. The summed E-state index contributed by atoms with van der Waals surface area (Å²) in [5.74, 6) is -0.889. The molecule has 1 aliphatic rings. The van der Waals surface area contributed by atoms with Gasteiger partial charge in [0.1, 0.15) is 5.82 Å². The van der Waals surface area contributed by atoms with Gasteiger partial charge in [-0.25, -0.2) is 17.8 Å². The molecular formula is C17H16FN3O3S. The third-order valence-corrected chi connectivity index (χ3v) is 4.23. The van der Waals surface area contributed by atoms with Crippen LogP contribution in [0, 0.1) is 5.82 Å². The minimum absolute atomic E-state index is 0.215. The van der Waals surface area contributed by atoms with E-state index in [0.717, 1.165) is 12.3 Å². The lowest BCUT2D eigenvalue weighted by molar-refractivity contribution is 0.0778. The number of nitrogens with one attached hydrogen (secondary N) is 1. The van der Waals surface area contributed by atoms with E-state index in [1.54, 1.807) is 24.3 Å². The van der Waals surface area contributed by atoms with Crippen LogP contribution in [-0.4, -0.2) is 37.8 Å². The van der Waals surface area contributed by atoms with Crippen LogP contribution in [0.5, 0.6) is 0 Å². The minimum atomic E-state index is -3.43. The lowest BCUT2D eigenvalue weighted by Gasteiger charge is -2.11. The van der Waals surface area contributed by atoms with Gasteiger partial charge in [0.25, 0.3) is 5.91 Å². The molecular weight excluding hydrogens is 345 g/mol. The van der Waals surface area contributed by atoms with E-state index in [4.69, 9.17) is 0 Å². The van der Waals surface area contributed by atoms with Crippen molar-refractivity contribution in [2.75, 3.05) is 17.5 Å². The maximum atomic E-state index is 13.3. The Bertz CT molecular complexity index is 957. The number of carbonyl (C=O) groups is 1. The van der Waals surface area contributed by atoms with Gasteiger partial charge in [-0.2, -0.15) is 5.10 Å². The molecule has 3 rings (SSSR count). The monoisotopic (exact) mass is 361 g/mol. The normalized spacial score (nSPS) is 14.3. The van der Waals surface area contributed by atoms with Crippen molar-refractivity contribution in [1.29, 1.82) is 0 Å². The first kappa shape index (κ1) is 17.1. The number of para-hydroxylation sites is 1. The van der Waals surface area contributed by atoms with Crippen molar-refractivity contribution in [3.63, 3.8) is 0 Å². The molecule has 1 aliphatic heterocycles. The Kier molecular flexibility index (Phi) is 4.54. The van der Waals surface area contributed by atoms with Gasteiger partial charge in [-0.3, -0.25) is 9.52 Å². The minimum Gasteiger partial charge on any atom is -0.283 e. The van der Waals surface area contributed by atoms with E-state index in [9.17, 15) is 17.6 Å². The number of sulfonamides is 1. The zero-order valence-electron chi connectivity index (χ0n) is 13.4. The van der Waals surface area contributed by atoms with Crippen molar-refractivity contribution in [2.45, 2.75) is 6.42 Å². The molecule has 25 heavy (non-hydrogen) atoms. The Morgan fingerprint density at radius 3 is 2.68 bits per heavy atom. The van der Waals surface area contributed by atoms with Crippen molar-refractivity contribution in [3.8, 4) is 0 Å². The van der Waals surface area contributed by atoms with Gasteiger partial charge in [0.05, 0.1) is 24.2 Å². The van der Waals surface area contributed by atoms with E-state index in [0.29, 0.717) is 29.9 Å². The van der Waals surface area contributed by atoms with Crippen LogP contribution in [0.1, 0.15) is 22.3 Å². The van der Waals surface area contributed by atoms with Crippen LogP contribution in [0.3, 0.4) is 0 Å². The number of rotatable bonds is 4. The van der Waals surface area contributed by atoms with Gasteiger partial charge in [-0.1, -0.05) is 24.3 Å². The highest BCUT2D eigenvalue weighted by Gasteiger charge is 2.24. The maximum Gasteiger partial charge on any atom is 0.274 e. The summed E-state index contributed by atoms with van der Waals surface area (Å²) < 4.78 is 38.8. The van der Waals surface area contributed by atoms with E-state index in [-0.39, 0.29) is 5.56 Å². The summed E-state index contributed by atoms with van der Waals surface area (Å²) in [6, 6.07) is 12.3. The Labute approximate surface area is 145 Å². The number of carbonyl (C=O) groups excluding carboxylic acids is 1. The number of hydrogen-bond donors (Lipinski definition) is 1. The van der Waals surface area contributed by atoms with Crippen LogP contribution in [0.2, 0.25) is 0 Å². The van der Waals surface area contributed by atoms with E-state index in [1.807, 2.05) is 0 Å². The SMILES string of the molecule is CS(=O)(=O)Nc1ccccc1C1=NN(C(=O)c2cccc(F)c2)CC1. The van der Waals surface area contributed by atoms with Gasteiger partial charge < -0.3 is 0 Å². The van der Waals surface area contributed by atoms with Gasteiger partial charge in [0, 0.05) is 17.5 Å². The standard InChI is InChI=1S/C17H16FN3O3S/c1-25(23,24)20-16-8-3-2-7-14(16)15-9-10-21(19-15)17(22)12-5-4-6-13(18)11-12/h2-8,11,20H,9-10H2,1H3. The predicted octanol–water partition coefficient (Wildman–Crippen LogP) is 2.45. The molecule has 8 heteroatoms. The molecule has 6 nitrogen and oxygen atoms in total.